The lowest BCUT2D eigenvalue weighted by molar-refractivity contribution is -0.133. The SMILES string of the molecule is Cc1cc(OCC(=O)N2CCS(=O)(=O)CC2)c2c(C)c(C)c(=O)oc2c1. The molecule has 1 saturated heterocycles. The van der Waals surface area contributed by atoms with Crippen molar-refractivity contribution >= 4 is 26.7 Å². The average molecular weight is 379 g/mol. The number of hydrogen-bond acceptors (Lipinski definition) is 6. The van der Waals surface area contributed by atoms with Gasteiger partial charge in [-0.05, 0) is 44.0 Å². The Kier molecular flexibility index (Phi) is 4.79. The van der Waals surface area contributed by atoms with Crippen molar-refractivity contribution in [1.29, 1.82) is 0 Å². The number of carbonyl (C=O) groups is 1. The molecular weight excluding hydrogens is 358 g/mol. The van der Waals surface area contributed by atoms with Crippen molar-refractivity contribution in [3.05, 3.63) is 39.2 Å². The topological polar surface area (TPSA) is 93.9 Å². The van der Waals surface area contributed by atoms with E-state index in [0.717, 1.165) is 11.1 Å². The molecule has 1 aromatic heterocycles. The second kappa shape index (κ2) is 6.75. The molecule has 1 fully saturated rings. The Labute approximate surface area is 151 Å². The number of carbonyl (C=O) groups excluding carboxylic acids is 1. The standard InChI is InChI=1S/C18H21NO6S/c1-11-8-14(17-12(2)13(3)18(21)25-15(17)9-11)24-10-16(20)19-4-6-26(22,23)7-5-19/h8-9H,4-7,10H2,1-3H3. The summed E-state index contributed by atoms with van der Waals surface area (Å²) in [7, 11) is -3.04. The zero-order valence-corrected chi connectivity index (χ0v) is 15.8. The summed E-state index contributed by atoms with van der Waals surface area (Å²) in [6.07, 6.45) is 0. The Hall–Kier alpha value is -2.35. The van der Waals surface area contributed by atoms with Crippen LogP contribution < -0.4 is 10.4 Å². The summed E-state index contributed by atoms with van der Waals surface area (Å²) in [4.78, 5) is 25.7. The summed E-state index contributed by atoms with van der Waals surface area (Å²) in [6.45, 7) is 5.52. The molecule has 1 aromatic carbocycles. The third-order valence-corrected chi connectivity index (χ3v) is 6.31. The second-order valence-electron chi connectivity index (χ2n) is 6.60. The van der Waals surface area contributed by atoms with Crippen LogP contribution in [0.4, 0.5) is 0 Å². The van der Waals surface area contributed by atoms with Crippen molar-refractivity contribution < 1.29 is 22.4 Å². The van der Waals surface area contributed by atoms with Crippen LogP contribution in [0.1, 0.15) is 16.7 Å². The molecule has 140 valence electrons. The maximum atomic E-state index is 12.3. The number of benzene rings is 1. The molecule has 0 N–H and O–H groups in total. The molecule has 0 atom stereocenters. The number of hydrogen-bond donors (Lipinski definition) is 0. The van der Waals surface area contributed by atoms with E-state index in [-0.39, 0.29) is 37.1 Å². The predicted octanol–water partition coefficient (Wildman–Crippen LogP) is 1.35. The van der Waals surface area contributed by atoms with Gasteiger partial charge in [0.1, 0.15) is 11.3 Å². The molecule has 0 saturated carbocycles. The van der Waals surface area contributed by atoms with Crippen LogP contribution in [0.2, 0.25) is 0 Å². The van der Waals surface area contributed by atoms with Crippen LogP contribution in [0, 0.1) is 20.8 Å². The first-order chi connectivity index (χ1) is 12.2. The lowest BCUT2D eigenvalue weighted by Crippen LogP contribution is -2.45. The fourth-order valence-electron chi connectivity index (χ4n) is 2.99. The number of sulfone groups is 1. The van der Waals surface area contributed by atoms with Crippen molar-refractivity contribution in [2.24, 2.45) is 0 Å². The van der Waals surface area contributed by atoms with E-state index in [1.807, 2.05) is 13.8 Å². The lowest BCUT2D eigenvalue weighted by Gasteiger charge is -2.26. The highest BCUT2D eigenvalue weighted by Gasteiger charge is 2.25. The van der Waals surface area contributed by atoms with Crippen molar-refractivity contribution in [1.82, 2.24) is 4.90 Å². The van der Waals surface area contributed by atoms with E-state index in [9.17, 15) is 18.0 Å². The van der Waals surface area contributed by atoms with Gasteiger partial charge in [-0.1, -0.05) is 0 Å². The van der Waals surface area contributed by atoms with Gasteiger partial charge in [-0.3, -0.25) is 4.79 Å². The Morgan fingerprint density at radius 2 is 1.81 bits per heavy atom. The summed E-state index contributed by atoms with van der Waals surface area (Å²) in [6, 6.07) is 3.55. The monoisotopic (exact) mass is 379 g/mol. The van der Waals surface area contributed by atoms with Crippen LogP contribution in [0.3, 0.4) is 0 Å². The van der Waals surface area contributed by atoms with E-state index in [0.29, 0.717) is 22.3 Å². The van der Waals surface area contributed by atoms with Gasteiger partial charge >= 0.3 is 5.63 Å². The number of amides is 1. The maximum Gasteiger partial charge on any atom is 0.339 e. The van der Waals surface area contributed by atoms with Crippen molar-refractivity contribution in [2.75, 3.05) is 31.2 Å². The number of rotatable bonds is 3. The van der Waals surface area contributed by atoms with Crippen LogP contribution >= 0.6 is 0 Å². The molecule has 8 heteroatoms. The molecular formula is C18H21NO6S. The Balaban J connectivity index is 1.84. The largest absolute Gasteiger partial charge is 0.483 e. The third kappa shape index (κ3) is 3.60. The van der Waals surface area contributed by atoms with E-state index in [2.05, 4.69) is 0 Å². The van der Waals surface area contributed by atoms with Gasteiger partial charge in [-0.2, -0.15) is 0 Å². The molecule has 0 aliphatic carbocycles. The maximum absolute atomic E-state index is 12.3. The van der Waals surface area contributed by atoms with Crippen LogP contribution in [-0.4, -0.2) is 50.4 Å². The normalized spacial score (nSPS) is 16.7. The molecule has 0 bridgehead atoms. The van der Waals surface area contributed by atoms with E-state index >= 15 is 0 Å². The molecule has 7 nitrogen and oxygen atoms in total. The fraction of sp³-hybridized carbons (Fsp3) is 0.444. The third-order valence-electron chi connectivity index (χ3n) is 4.70. The highest BCUT2D eigenvalue weighted by Crippen LogP contribution is 2.30. The lowest BCUT2D eigenvalue weighted by atomic mass is 10.0. The summed E-state index contributed by atoms with van der Waals surface area (Å²) in [5, 5.41) is 0.668. The molecule has 0 unspecified atom stereocenters. The van der Waals surface area contributed by atoms with Gasteiger partial charge in [-0.25, -0.2) is 13.2 Å². The van der Waals surface area contributed by atoms with Gasteiger partial charge in [-0.15, -0.1) is 0 Å². The van der Waals surface area contributed by atoms with E-state index in [1.165, 1.54) is 4.90 Å². The van der Waals surface area contributed by atoms with E-state index in [1.54, 1.807) is 19.1 Å². The smallest absolute Gasteiger partial charge is 0.339 e. The van der Waals surface area contributed by atoms with Crippen molar-refractivity contribution in [3.8, 4) is 5.75 Å². The van der Waals surface area contributed by atoms with Gasteiger partial charge in [0.05, 0.1) is 16.9 Å². The Morgan fingerprint density at radius 1 is 1.15 bits per heavy atom. The molecule has 1 amide bonds. The number of nitrogens with zero attached hydrogens (tertiary/aromatic N) is 1. The number of aryl methyl sites for hydroxylation is 2. The second-order valence-corrected chi connectivity index (χ2v) is 8.90. The van der Waals surface area contributed by atoms with E-state index in [4.69, 9.17) is 9.15 Å². The summed E-state index contributed by atoms with van der Waals surface area (Å²) in [5.41, 5.74) is 2.12. The molecule has 26 heavy (non-hydrogen) atoms. The summed E-state index contributed by atoms with van der Waals surface area (Å²) >= 11 is 0. The van der Waals surface area contributed by atoms with Gasteiger partial charge in [0.2, 0.25) is 0 Å². The zero-order valence-electron chi connectivity index (χ0n) is 15.0. The summed E-state index contributed by atoms with van der Waals surface area (Å²) < 4.78 is 34.0. The van der Waals surface area contributed by atoms with Crippen molar-refractivity contribution in [2.45, 2.75) is 20.8 Å². The Bertz CT molecular complexity index is 1020. The highest BCUT2D eigenvalue weighted by molar-refractivity contribution is 7.91. The first-order valence-corrected chi connectivity index (χ1v) is 10.2. The highest BCUT2D eigenvalue weighted by atomic mass is 32.2. The fourth-order valence-corrected chi connectivity index (χ4v) is 4.20. The van der Waals surface area contributed by atoms with Crippen LogP contribution in [0.5, 0.6) is 5.75 Å². The number of fused-ring (bicyclic) bond motifs is 1. The first-order valence-electron chi connectivity index (χ1n) is 8.33. The van der Waals surface area contributed by atoms with Crippen molar-refractivity contribution in [3.63, 3.8) is 0 Å². The molecule has 0 radical (unpaired) electrons. The molecule has 1 aliphatic rings. The minimum Gasteiger partial charge on any atom is -0.483 e. The number of ether oxygens (including phenoxy) is 1. The predicted molar refractivity (Wildman–Crippen MR) is 97.4 cm³/mol. The molecule has 1 aliphatic heterocycles. The van der Waals surface area contributed by atoms with Crippen LogP contribution in [-0.2, 0) is 14.6 Å². The van der Waals surface area contributed by atoms with Gasteiger partial charge in [0.15, 0.2) is 16.4 Å². The minimum atomic E-state index is -3.04. The van der Waals surface area contributed by atoms with E-state index < -0.39 is 15.5 Å². The summed E-state index contributed by atoms with van der Waals surface area (Å²) in [5.74, 6) is 0.175. The zero-order chi connectivity index (χ0) is 19.1. The minimum absolute atomic E-state index is 0.0183. The quantitative estimate of drug-likeness (QED) is 0.748. The van der Waals surface area contributed by atoms with Gasteiger partial charge < -0.3 is 14.1 Å². The van der Waals surface area contributed by atoms with Gasteiger partial charge in [0.25, 0.3) is 5.91 Å². The van der Waals surface area contributed by atoms with Crippen LogP contribution in [0.25, 0.3) is 11.0 Å². The molecule has 3 rings (SSSR count). The van der Waals surface area contributed by atoms with Crippen LogP contribution in [0.15, 0.2) is 21.3 Å². The van der Waals surface area contributed by atoms with Gasteiger partial charge in [0, 0.05) is 18.7 Å². The molecule has 2 heterocycles. The molecule has 0 spiro atoms. The Morgan fingerprint density at radius 3 is 2.46 bits per heavy atom. The molecule has 2 aromatic rings. The average Bonchev–Trinajstić information content (AvgIpc) is 2.57. The first kappa shape index (κ1) is 18.4.